The van der Waals surface area contributed by atoms with Gasteiger partial charge in [-0.1, -0.05) is 77.9 Å². The molecule has 43 heavy (non-hydrogen) atoms. The van der Waals surface area contributed by atoms with Crippen LogP contribution in [0, 0.1) is 5.82 Å². The predicted molar refractivity (Wildman–Crippen MR) is 151 cm³/mol. The summed E-state index contributed by atoms with van der Waals surface area (Å²) in [6, 6.07) is 24.8. The molecule has 5 rings (SSSR count). The first-order valence-electron chi connectivity index (χ1n) is 13.2. The molecule has 0 spiro atoms. The van der Waals surface area contributed by atoms with Crippen molar-refractivity contribution >= 4 is 0 Å². The molecule has 0 aliphatic carbocycles. The van der Waals surface area contributed by atoms with Gasteiger partial charge in [-0.3, -0.25) is 14.3 Å². The van der Waals surface area contributed by atoms with Gasteiger partial charge in [0.25, 0.3) is 5.56 Å². The quantitative estimate of drug-likeness (QED) is 0.123. The molecule has 0 unspecified atom stereocenters. The number of aromatic nitrogens is 2. The number of alkyl halides is 1. The molecule has 0 radical (unpaired) electrons. The Morgan fingerprint density at radius 1 is 1.05 bits per heavy atom. The minimum Gasteiger partial charge on any atom is -0.497 e. The first kappa shape index (κ1) is 29.7. The van der Waals surface area contributed by atoms with Gasteiger partial charge in [-0.25, -0.2) is 9.18 Å². The summed E-state index contributed by atoms with van der Waals surface area (Å²) in [7, 11) is 1.52. The number of aliphatic hydroxyl groups excluding tert-OH is 1. The van der Waals surface area contributed by atoms with E-state index in [2.05, 4.69) is 10.0 Å². The smallest absolute Gasteiger partial charge is 0.330 e. The second kappa shape index (κ2) is 12.2. The van der Waals surface area contributed by atoms with Crippen molar-refractivity contribution in [2.45, 2.75) is 29.7 Å². The number of rotatable bonds is 10. The first-order chi connectivity index (χ1) is 20.8. The highest BCUT2D eigenvalue weighted by Gasteiger charge is 2.60. The van der Waals surface area contributed by atoms with Gasteiger partial charge in [-0.05, 0) is 34.4 Å². The minimum atomic E-state index is -2.24. The molecule has 1 saturated heterocycles. The Morgan fingerprint density at radius 3 is 2.16 bits per heavy atom. The van der Waals surface area contributed by atoms with E-state index in [0.717, 1.165) is 0 Å². The molecule has 1 aromatic heterocycles. The normalized spacial score (nSPS) is 21.7. The maximum Gasteiger partial charge on any atom is 0.330 e. The molecule has 1 aliphatic rings. The average Bonchev–Trinajstić information content (AvgIpc) is 3.32. The summed E-state index contributed by atoms with van der Waals surface area (Å²) in [5.74, 6) is -0.801. The molecule has 222 valence electrons. The predicted octanol–water partition coefficient (Wildman–Crippen LogP) is 3.97. The standard InChI is InChI=1S/C30H27F2N5O6/c1-41-22-14-12-21(13-15-22)30(19-8-4-2-5-9-19,20-10-6-3-7-11-20)42-25-24(32)27(43-29(25,18-38)17-34-36-33)37-16-23(31)26(39)35-28(37)40/h2-16,24-25,27,38H,17-18H2,1H3,(H,35,39,40)/t24-,25-,27+,29+/m0/s1. The Bertz CT molecular complexity index is 1690. The monoisotopic (exact) mass is 591 g/mol. The van der Waals surface area contributed by atoms with E-state index in [1.54, 1.807) is 89.9 Å². The van der Waals surface area contributed by atoms with Crippen molar-refractivity contribution in [1.82, 2.24) is 9.55 Å². The molecular formula is C30H27F2N5O6. The van der Waals surface area contributed by atoms with Crippen molar-refractivity contribution < 1.29 is 28.1 Å². The lowest BCUT2D eigenvalue weighted by atomic mass is 9.79. The third kappa shape index (κ3) is 5.30. The SMILES string of the molecule is COc1ccc(C(O[C@H]2[C@H](F)[C@H](n3cc(F)c(=O)[nH]c3=O)O[C@@]2(CO)CN=[N+]=[N-])(c2ccccc2)c2ccccc2)cc1. The highest BCUT2D eigenvalue weighted by molar-refractivity contribution is 5.49. The highest BCUT2D eigenvalue weighted by Crippen LogP contribution is 2.48. The van der Waals surface area contributed by atoms with E-state index >= 15 is 4.39 Å². The summed E-state index contributed by atoms with van der Waals surface area (Å²) >= 11 is 0. The lowest BCUT2D eigenvalue weighted by Crippen LogP contribution is -2.53. The highest BCUT2D eigenvalue weighted by atomic mass is 19.1. The van der Waals surface area contributed by atoms with E-state index < -0.39 is 59.9 Å². The van der Waals surface area contributed by atoms with Gasteiger partial charge in [0, 0.05) is 4.91 Å². The maximum absolute atomic E-state index is 16.8. The molecule has 13 heteroatoms. The topological polar surface area (TPSA) is 152 Å². The number of halogens is 2. The minimum absolute atomic E-state index is 0.515. The molecule has 1 fully saturated rings. The summed E-state index contributed by atoms with van der Waals surface area (Å²) < 4.78 is 49.7. The van der Waals surface area contributed by atoms with Gasteiger partial charge >= 0.3 is 5.69 Å². The number of benzene rings is 3. The van der Waals surface area contributed by atoms with Crippen LogP contribution >= 0.6 is 0 Å². The summed E-state index contributed by atoms with van der Waals surface area (Å²) in [6.07, 6.45) is -5.31. The first-order valence-corrected chi connectivity index (χ1v) is 13.2. The van der Waals surface area contributed by atoms with Crippen LogP contribution in [0.4, 0.5) is 8.78 Å². The largest absolute Gasteiger partial charge is 0.497 e. The number of methoxy groups -OCH3 is 1. The van der Waals surface area contributed by atoms with Gasteiger partial charge in [0.15, 0.2) is 12.4 Å². The van der Waals surface area contributed by atoms with Gasteiger partial charge in [0.05, 0.1) is 26.5 Å². The van der Waals surface area contributed by atoms with Gasteiger partial charge in [0.1, 0.15) is 23.1 Å². The fraction of sp³-hybridized carbons (Fsp3) is 0.267. The summed E-state index contributed by atoms with van der Waals surface area (Å²) in [5, 5.41) is 14.2. The van der Waals surface area contributed by atoms with E-state index in [9.17, 15) is 19.1 Å². The van der Waals surface area contributed by atoms with Crippen LogP contribution < -0.4 is 16.0 Å². The number of H-pyrrole nitrogens is 1. The van der Waals surface area contributed by atoms with Crippen molar-refractivity contribution in [2.24, 2.45) is 5.11 Å². The molecule has 11 nitrogen and oxygen atoms in total. The van der Waals surface area contributed by atoms with Crippen LogP contribution in [0.1, 0.15) is 22.9 Å². The maximum atomic E-state index is 16.8. The third-order valence-corrected chi connectivity index (χ3v) is 7.46. The van der Waals surface area contributed by atoms with E-state index in [1.165, 1.54) is 7.11 Å². The van der Waals surface area contributed by atoms with E-state index in [0.29, 0.717) is 33.2 Å². The van der Waals surface area contributed by atoms with Gasteiger partial charge in [0.2, 0.25) is 5.82 Å². The van der Waals surface area contributed by atoms with Gasteiger partial charge < -0.3 is 19.3 Å². The van der Waals surface area contributed by atoms with Crippen molar-refractivity contribution in [1.29, 1.82) is 0 Å². The Labute approximate surface area is 243 Å². The van der Waals surface area contributed by atoms with Crippen LogP contribution in [0.2, 0.25) is 0 Å². The molecule has 4 atom stereocenters. The molecule has 3 aromatic carbocycles. The lowest BCUT2D eigenvalue weighted by Gasteiger charge is -2.42. The number of azide groups is 1. The van der Waals surface area contributed by atoms with Crippen LogP contribution in [0.5, 0.6) is 5.75 Å². The zero-order chi connectivity index (χ0) is 30.6. The number of nitrogens with one attached hydrogen (secondary N) is 1. The Kier molecular flexibility index (Phi) is 8.42. The van der Waals surface area contributed by atoms with Gasteiger partial charge in [-0.2, -0.15) is 4.39 Å². The lowest BCUT2D eigenvalue weighted by molar-refractivity contribution is -0.160. The van der Waals surface area contributed by atoms with Crippen LogP contribution in [-0.2, 0) is 15.1 Å². The van der Waals surface area contributed by atoms with Gasteiger partial charge in [-0.15, -0.1) is 0 Å². The molecule has 2 heterocycles. The van der Waals surface area contributed by atoms with E-state index in [4.69, 9.17) is 19.7 Å². The number of ether oxygens (including phenoxy) is 3. The summed E-state index contributed by atoms with van der Waals surface area (Å²) in [4.78, 5) is 28.9. The molecule has 4 aromatic rings. The van der Waals surface area contributed by atoms with Crippen LogP contribution in [0.15, 0.2) is 106 Å². The Balaban J connectivity index is 1.76. The second-order valence-electron chi connectivity index (χ2n) is 9.89. The number of hydrogen-bond acceptors (Lipinski definition) is 7. The molecule has 0 bridgehead atoms. The Hall–Kier alpha value is -4.81. The van der Waals surface area contributed by atoms with Crippen molar-refractivity contribution in [3.63, 3.8) is 0 Å². The van der Waals surface area contributed by atoms with Crippen molar-refractivity contribution in [3.8, 4) is 5.75 Å². The van der Waals surface area contributed by atoms with Crippen LogP contribution in [0.25, 0.3) is 10.4 Å². The Morgan fingerprint density at radius 2 is 1.63 bits per heavy atom. The third-order valence-electron chi connectivity index (χ3n) is 7.46. The summed E-state index contributed by atoms with van der Waals surface area (Å²) in [6.45, 7) is -1.51. The number of hydrogen-bond donors (Lipinski definition) is 2. The average molecular weight is 592 g/mol. The zero-order valence-electron chi connectivity index (χ0n) is 22.8. The molecule has 2 N–H and O–H groups in total. The summed E-state index contributed by atoms with van der Waals surface area (Å²) in [5.41, 5.74) is 4.78. The van der Waals surface area contributed by atoms with E-state index in [-0.39, 0.29) is 0 Å². The molecule has 0 amide bonds. The molecule has 0 saturated carbocycles. The van der Waals surface area contributed by atoms with Crippen molar-refractivity contribution in [2.75, 3.05) is 20.3 Å². The zero-order valence-corrected chi connectivity index (χ0v) is 22.8. The molecular weight excluding hydrogens is 564 g/mol. The van der Waals surface area contributed by atoms with Crippen LogP contribution in [0.3, 0.4) is 0 Å². The molecule has 1 aliphatic heterocycles. The number of aromatic amines is 1. The van der Waals surface area contributed by atoms with Crippen LogP contribution in [-0.4, -0.2) is 52.8 Å². The van der Waals surface area contributed by atoms with Crippen molar-refractivity contribution in [3.05, 3.63) is 145 Å². The fourth-order valence-electron chi connectivity index (χ4n) is 5.37. The van der Waals surface area contributed by atoms with E-state index in [1.807, 2.05) is 0 Å². The fourth-order valence-corrected chi connectivity index (χ4v) is 5.37. The number of nitrogens with zero attached hydrogens (tertiary/aromatic N) is 4. The number of aliphatic hydroxyl groups is 1. The second-order valence-corrected chi connectivity index (χ2v) is 9.89.